The number of nitrogens with one attached hydrogen (secondary N) is 1. The third-order valence-corrected chi connectivity index (χ3v) is 3.53. The predicted molar refractivity (Wildman–Crippen MR) is 98.1 cm³/mol. The van der Waals surface area contributed by atoms with E-state index in [-0.39, 0.29) is 5.75 Å². The maximum atomic E-state index is 10.0. The summed E-state index contributed by atoms with van der Waals surface area (Å²) in [6.07, 6.45) is 1.62. The average molecular weight is 318 g/mol. The van der Waals surface area contributed by atoms with E-state index in [2.05, 4.69) is 10.3 Å². The van der Waals surface area contributed by atoms with Gasteiger partial charge >= 0.3 is 0 Å². The van der Waals surface area contributed by atoms with Gasteiger partial charge in [0.05, 0.1) is 12.8 Å². The fourth-order valence-electron chi connectivity index (χ4n) is 2.27. The fourth-order valence-corrected chi connectivity index (χ4v) is 2.27. The fraction of sp³-hybridized carbons (Fsp3) is 0.0500. The molecule has 0 aliphatic heterocycles. The predicted octanol–water partition coefficient (Wildman–Crippen LogP) is 4.90. The number of ether oxygens (including phenoxy) is 1. The summed E-state index contributed by atoms with van der Waals surface area (Å²) in [5, 5.41) is 13.4. The van der Waals surface area contributed by atoms with Gasteiger partial charge in [0.15, 0.2) is 11.5 Å². The van der Waals surface area contributed by atoms with Gasteiger partial charge < -0.3 is 15.2 Å². The Kier molecular flexibility index (Phi) is 4.77. The number of para-hydroxylation sites is 2. The number of phenolic OH excluding ortho intramolecular Hbond substituents is 1. The second kappa shape index (κ2) is 7.33. The van der Waals surface area contributed by atoms with Crippen LogP contribution in [-0.4, -0.2) is 18.4 Å². The van der Waals surface area contributed by atoms with Crippen LogP contribution in [0, 0.1) is 0 Å². The minimum absolute atomic E-state index is 0.0890. The van der Waals surface area contributed by atoms with E-state index in [4.69, 9.17) is 4.74 Å². The van der Waals surface area contributed by atoms with Crippen molar-refractivity contribution in [3.05, 3.63) is 78.4 Å². The SMILES string of the molecule is COc1cccc(C=Nc2ccc(Nc3ccccc3)cc2)c1O. The minimum Gasteiger partial charge on any atom is -0.504 e. The molecule has 0 aliphatic carbocycles. The zero-order valence-electron chi connectivity index (χ0n) is 13.3. The number of hydrogen-bond donors (Lipinski definition) is 2. The lowest BCUT2D eigenvalue weighted by Gasteiger charge is -2.06. The van der Waals surface area contributed by atoms with Crippen molar-refractivity contribution in [1.82, 2.24) is 0 Å². The van der Waals surface area contributed by atoms with Gasteiger partial charge in [-0.3, -0.25) is 4.99 Å². The van der Waals surface area contributed by atoms with E-state index in [0.717, 1.165) is 17.1 Å². The Hall–Kier alpha value is -3.27. The number of nitrogens with zero attached hydrogens (tertiary/aromatic N) is 1. The first kappa shape index (κ1) is 15.6. The number of aliphatic imine (C=N–C) groups is 1. The highest BCUT2D eigenvalue weighted by Gasteiger charge is 2.04. The van der Waals surface area contributed by atoms with Crippen LogP contribution in [0.25, 0.3) is 0 Å². The zero-order valence-corrected chi connectivity index (χ0v) is 13.3. The second-order valence-corrected chi connectivity index (χ2v) is 5.19. The molecule has 0 amide bonds. The van der Waals surface area contributed by atoms with Crippen LogP contribution < -0.4 is 10.1 Å². The lowest BCUT2D eigenvalue weighted by atomic mass is 10.2. The van der Waals surface area contributed by atoms with E-state index in [1.807, 2.05) is 60.7 Å². The molecule has 0 bridgehead atoms. The molecule has 3 aromatic rings. The van der Waals surface area contributed by atoms with Crippen LogP contribution in [0.15, 0.2) is 77.8 Å². The first-order valence-corrected chi connectivity index (χ1v) is 7.58. The Morgan fingerprint density at radius 2 is 1.58 bits per heavy atom. The molecule has 0 aliphatic rings. The van der Waals surface area contributed by atoms with Crippen molar-refractivity contribution in [2.45, 2.75) is 0 Å². The summed E-state index contributed by atoms with van der Waals surface area (Å²) in [6, 6.07) is 23.0. The lowest BCUT2D eigenvalue weighted by Crippen LogP contribution is -1.89. The van der Waals surface area contributed by atoms with Crippen LogP contribution in [0.4, 0.5) is 17.1 Å². The Labute approximate surface area is 141 Å². The number of anilines is 2. The maximum Gasteiger partial charge on any atom is 0.166 e. The van der Waals surface area contributed by atoms with Gasteiger partial charge in [0.1, 0.15) is 0 Å². The van der Waals surface area contributed by atoms with Gasteiger partial charge in [-0.25, -0.2) is 0 Å². The highest BCUT2D eigenvalue weighted by molar-refractivity contribution is 5.86. The largest absolute Gasteiger partial charge is 0.504 e. The molecular formula is C20H18N2O2. The highest BCUT2D eigenvalue weighted by atomic mass is 16.5. The quantitative estimate of drug-likeness (QED) is 0.658. The molecule has 4 heteroatoms. The van der Waals surface area contributed by atoms with E-state index in [9.17, 15) is 5.11 Å². The van der Waals surface area contributed by atoms with Gasteiger partial charge in [-0.2, -0.15) is 0 Å². The van der Waals surface area contributed by atoms with Crippen LogP contribution in [-0.2, 0) is 0 Å². The van der Waals surface area contributed by atoms with Crippen LogP contribution in [0.1, 0.15) is 5.56 Å². The van der Waals surface area contributed by atoms with Crippen LogP contribution in [0.3, 0.4) is 0 Å². The summed E-state index contributed by atoms with van der Waals surface area (Å²) in [7, 11) is 1.52. The Balaban J connectivity index is 1.72. The number of hydrogen-bond acceptors (Lipinski definition) is 4. The van der Waals surface area contributed by atoms with Gasteiger partial charge in [-0.1, -0.05) is 24.3 Å². The molecule has 0 radical (unpaired) electrons. The monoisotopic (exact) mass is 318 g/mol. The Bertz CT molecular complexity index is 828. The second-order valence-electron chi connectivity index (χ2n) is 5.19. The number of phenols is 1. The van der Waals surface area contributed by atoms with Crippen molar-refractivity contribution in [2.24, 2.45) is 4.99 Å². The molecule has 0 spiro atoms. The molecule has 0 fully saturated rings. The van der Waals surface area contributed by atoms with E-state index in [0.29, 0.717) is 11.3 Å². The van der Waals surface area contributed by atoms with E-state index in [1.54, 1.807) is 18.3 Å². The van der Waals surface area contributed by atoms with Gasteiger partial charge in [-0.15, -0.1) is 0 Å². The molecule has 0 unspecified atom stereocenters. The highest BCUT2D eigenvalue weighted by Crippen LogP contribution is 2.28. The molecular weight excluding hydrogens is 300 g/mol. The number of rotatable bonds is 5. The van der Waals surface area contributed by atoms with Crippen LogP contribution in [0.2, 0.25) is 0 Å². The van der Waals surface area contributed by atoms with Gasteiger partial charge in [0.2, 0.25) is 0 Å². The minimum atomic E-state index is 0.0890. The standard InChI is InChI=1S/C20H18N2O2/c1-24-19-9-5-6-15(20(19)23)14-21-16-10-12-18(13-11-16)22-17-7-3-2-4-8-17/h2-14,22-23H,1H3. The Morgan fingerprint density at radius 1 is 0.875 bits per heavy atom. The molecule has 120 valence electrons. The lowest BCUT2D eigenvalue weighted by molar-refractivity contribution is 0.373. The first-order valence-electron chi connectivity index (χ1n) is 7.58. The summed E-state index contributed by atoms with van der Waals surface area (Å²) in [5.74, 6) is 0.521. The number of benzene rings is 3. The molecule has 0 saturated heterocycles. The molecule has 3 aromatic carbocycles. The molecule has 0 aromatic heterocycles. The van der Waals surface area contributed by atoms with Crippen molar-refractivity contribution in [3.8, 4) is 11.5 Å². The van der Waals surface area contributed by atoms with Crippen molar-refractivity contribution < 1.29 is 9.84 Å². The van der Waals surface area contributed by atoms with Gasteiger partial charge in [0.25, 0.3) is 0 Å². The molecule has 0 heterocycles. The summed E-state index contributed by atoms with van der Waals surface area (Å²) in [5.41, 5.74) is 3.44. The van der Waals surface area contributed by atoms with E-state index < -0.39 is 0 Å². The van der Waals surface area contributed by atoms with E-state index >= 15 is 0 Å². The summed E-state index contributed by atoms with van der Waals surface area (Å²) >= 11 is 0. The summed E-state index contributed by atoms with van der Waals surface area (Å²) in [4.78, 5) is 4.39. The van der Waals surface area contributed by atoms with Crippen molar-refractivity contribution in [1.29, 1.82) is 0 Å². The molecule has 2 N–H and O–H groups in total. The maximum absolute atomic E-state index is 10.0. The van der Waals surface area contributed by atoms with Crippen LogP contribution >= 0.6 is 0 Å². The smallest absolute Gasteiger partial charge is 0.166 e. The average Bonchev–Trinajstić information content (AvgIpc) is 2.63. The molecule has 0 saturated carbocycles. The van der Waals surface area contributed by atoms with Crippen molar-refractivity contribution in [2.75, 3.05) is 12.4 Å². The zero-order chi connectivity index (χ0) is 16.8. The van der Waals surface area contributed by atoms with E-state index in [1.165, 1.54) is 7.11 Å². The summed E-state index contributed by atoms with van der Waals surface area (Å²) < 4.78 is 5.09. The van der Waals surface area contributed by atoms with Gasteiger partial charge in [-0.05, 0) is 48.5 Å². The number of aromatic hydroxyl groups is 1. The Morgan fingerprint density at radius 3 is 2.29 bits per heavy atom. The summed E-state index contributed by atoms with van der Waals surface area (Å²) in [6.45, 7) is 0. The topological polar surface area (TPSA) is 53.8 Å². The molecule has 0 atom stereocenters. The van der Waals surface area contributed by atoms with Gasteiger partial charge in [0, 0.05) is 23.2 Å². The molecule has 4 nitrogen and oxygen atoms in total. The normalized spacial score (nSPS) is 10.7. The molecule has 3 rings (SSSR count). The van der Waals surface area contributed by atoms with Crippen molar-refractivity contribution in [3.63, 3.8) is 0 Å². The van der Waals surface area contributed by atoms with Crippen LogP contribution in [0.5, 0.6) is 11.5 Å². The van der Waals surface area contributed by atoms with Crippen molar-refractivity contribution >= 4 is 23.3 Å². The third-order valence-electron chi connectivity index (χ3n) is 3.53. The third kappa shape index (κ3) is 3.73. The number of methoxy groups -OCH3 is 1. The molecule has 24 heavy (non-hydrogen) atoms. The first-order chi connectivity index (χ1) is 11.8.